The van der Waals surface area contributed by atoms with Gasteiger partial charge in [0.2, 0.25) is 0 Å². The molecule has 1 unspecified atom stereocenters. The third-order valence-electron chi connectivity index (χ3n) is 3.83. The van der Waals surface area contributed by atoms with Crippen LogP contribution >= 0.6 is 0 Å². The molecular formula is C17H21N3. The Morgan fingerprint density at radius 1 is 1.10 bits per heavy atom. The van der Waals surface area contributed by atoms with Crippen LogP contribution in [-0.4, -0.2) is 35.6 Å². The number of anilines is 1. The van der Waals surface area contributed by atoms with Crippen molar-refractivity contribution in [3.63, 3.8) is 0 Å². The van der Waals surface area contributed by atoms with Gasteiger partial charge in [-0.1, -0.05) is 24.3 Å². The van der Waals surface area contributed by atoms with Gasteiger partial charge in [-0.25, -0.2) is 0 Å². The molecule has 0 spiro atoms. The van der Waals surface area contributed by atoms with E-state index in [1.807, 2.05) is 12.3 Å². The van der Waals surface area contributed by atoms with Gasteiger partial charge in [-0.2, -0.15) is 0 Å². The van der Waals surface area contributed by atoms with E-state index in [2.05, 4.69) is 57.7 Å². The van der Waals surface area contributed by atoms with Gasteiger partial charge in [0.25, 0.3) is 0 Å². The van der Waals surface area contributed by atoms with E-state index in [0.29, 0.717) is 6.04 Å². The maximum absolute atomic E-state index is 4.38. The molecule has 1 saturated heterocycles. The molecule has 3 rings (SSSR count). The average Bonchev–Trinajstić information content (AvgIpc) is 2.95. The average molecular weight is 267 g/mol. The number of likely N-dealkylation sites (tertiary alicyclic amines) is 1. The molecule has 0 radical (unpaired) electrons. The Balaban J connectivity index is 1.45. The summed E-state index contributed by atoms with van der Waals surface area (Å²) in [5.41, 5.74) is 2.41. The van der Waals surface area contributed by atoms with Crippen molar-refractivity contribution < 1.29 is 0 Å². The number of hydrogen-bond acceptors (Lipinski definition) is 3. The molecule has 1 atom stereocenters. The molecule has 0 amide bonds. The van der Waals surface area contributed by atoms with Crippen LogP contribution in [-0.2, 0) is 6.42 Å². The van der Waals surface area contributed by atoms with E-state index in [-0.39, 0.29) is 0 Å². The second-order valence-electron chi connectivity index (χ2n) is 5.37. The lowest BCUT2D eigenvalue weighted by atomic mass is 10.2. The predicted molar refractivity (Wildman–Crippen MR) is 82.9 cm³/mol. The highest BCUT2D eigenvalue weighted by molar-refractivity contribution is 5.43. The van der Waals surface area contributed by atoms with Gasteiger partial charge in [0, 0.05) is 49.7 Å². The summed E-state index contributed by atoms with van der Waals surface area (Å²) in [6, 6.07) is 17.2. The Kier molecular flexibility index (Phi) is 4.28. The number of para-hydroxylation sites is 1. The van der Waals surface area contributed by atoms with Crippen LogP contribution in [0.4, 0.5) is 5.69 Å². The fraction of sp³-hybridized carbons (Fsp3) is 0.353. The van der Waals surface area contributed by atoms with Gasteiger partial charge >= 0.3 is 0 Å². The van der Waals surface area contributed by atoms with Crippen LogP contribution in [0.3, 0.4) is 0 Å². The zero-order chi connectivity index (χ0) is 13.6. The monoisotopic (exact) mass is 267 g/mol. The van der Waals surface area contributed by atoms with Crippen molar-refractivity contribution >= 4 is 5.69 Å². The van der Waals surface area contributed by atoms with Crippen molar-refractivity contribution in [1.82, 2.24) is 9.88 Å². The van der Waals surface area contributed by atoms with E-state index in [1.54, 1.807) is 0 Å². The van der Waals surface area contributed by atoms with E-state index in [4.69, 9.17) is 0 Å². The van der Waals surface area contributed by atoms with E-state index >= 15 is 0 Å². The fourth-order valence-corrected chi connectivity index (χ4v) is 2.74. The van der Waals surface area contributed by atoms with Crippen molar-refractivity contribution in [3.8, 4) is 0 Å². The summed E-state index contributed by atoms with van der Waals surface area (Å²) in [6.07, 6.45) is 4.13. The summed E-state index contributed by atoms with van der Waals surface area (Å²) in [5.74, 6) is 0. The molecule has 1 aromatic carbocycles. The predicted octanol–water partition coefficient (Wildman–Crippen LogP) is 2.81. The quantitative estimate of drug-likeness (QED) is 0.903. The first-order valence-electron chi connectivity index (χ1n) is 7.34. The molecule has 3 nitrogen and oxygen atoms in total. The number of rotatable bonds is 5. The molecule has 0 aliphatic carbocycles. The number of pyridine rings is 1. The van der Waals surface area contributed by atoms with E-state index < -0.39 is 0 Å². The van der Waals surface area contributed by atoms with Gasteiger partial charge in [0.15, 0.2) is 0 Å². The zero-order valence-corrected chi connectivity index (χ0v) is 11.7. The van der Waals surface area contributed by atoms with Gasteiger partial charge in [0.05, 0.1) is 0 Å². The molecule has 2 aromatic rings. The molecule has 20 heavy (non-hydrogen) atoms. The van der Waals surface area contributed by atoms with Crippen LogP contribution < -0.4 is 5.32 Å². The van der Waals surface area contributed by atoms with Crippen LogP contribution in [0, 0.1) is 0 Å². The maximum Gasteiger partial charge on any atom is 0.0416 e. The minimum atomic E-state index is 0.570. The van der Waals surface area contributed by atoms with Crippen molar-refractivity contribution in [3.05, 3.63) is 60.4 Å². The topological polar surface area (TPSA) is 28.2 Å². The number of aromatic nitrogens is 1. The van der Waals surface area contributed by atoms with Gasteiger partial charge in [0.1, 0.15) is 0 Å². The fourth-order valence-electron chi connectivity index (χ4n) is 2.74. The van der Waals surface area contributed by atoms with Gasteiger partial charge in [-0.15, -0.1) is 0 Å². The second kappa shape index (κ2) is 6.53. The van der Waals surface area contributed by atoms with E-state index in [1.165, 1.54) is 24.3 Å². The highest BCUT2D eigenvalue weighted by Crippen LogP contribution is 2.15. The third kappa shape index (κ3) is 3.58. The molecule has 1 aromatic heterocycles. The molecule has 1 aliphatic heterocycles. The maximum atomic E-state index is 4.38. The lowest BCUT2D eigenvalue weighted by Gasteiger charge is -2.17. The first-order valence-corrected chi connectivity index (χ1v) is 7.34. The Morgan fingerprint density at radius 2 is 1.95 bits per heavy atom. The molecule has 3 heteroatoms. The largest absolute Gasteiger partial charge is 0.381 e. The van der Waals surface area contributed by atoms with Crippen LogP contribution in [0.2, 0.25) is 0 Å². The number of nitrogens with one attached hydrogen (secondary N) is 1. The van der Waals surface area contributed by atoms with Crippen LogP contribution in [0.15, 0.2) is 54.7 Å². The lowest BCUT2D eigenvalue weighted by molar-refractivity contribution is 0.339. The van der Waals surface area contributed by atoms with Crippen molar-refractivity contribution in [2.75, 3.05) is 25.0 Å². The minimum Gasteiger partial charge on any atom is -0.381 e. The summed E-state index contributed by atoms with van der Waals surface area (Å²) < 4.78 is 0. The summed E-state index contributed by atoms with van der Waals surface area (Å²) in [5, 5.41) is 3.61. The number of benzene rings is 1. The van der Waals surface area contributed by atoms with Gasteiger partial charge in [-0.05, 0) is 30.7 Å². The SMILES string of the molecule is c1ccc(NC2CCN(CCc3ccccn3)C2)cc1. The first-order chi connectivity index (χ1) is 9.90. The van der Waals surface area contributed by atoms with E-state index in [9.17, 15) is 0 Å². The summed E-state index contributed by atoms with van der Waals surface area (Å²) in [4.78, 5) is 6.91. The van der Waals surface area contributed by atoms with E-state index in [0.717, 1.165) is 19.5 Å². The molecule has 1 N–H and O–H groups in total. The highest BCUT2D eigenvalue weighted by atomic mass is 15.2. The third-order valence-corrected chi connectivity index (χ3v) is 3.83. The molecule has 1 aliphatic rings. The number of nitrogens with zero attached hydrogens (tertiary/aromatic N) is 2. The Hall–Kier alpha value is -1.87. The van der Waals surface area contributed by atoms with Crippen LogP contribution in [0.1, 0.15) is 12.1 Å². The lowest BCUT2D eigenvalue weighted by Crippen LogP contribution is -2.28. The standard InChI is InChI=1S/C17H21N3/c1-2-7-16(8-3-1)19-17-10-13-20(14-17)12-9-15-6-4-5-11-18-15/h1-8,11,17,19H,9-10,12-14H2. The zero-order valence-electron chi connectivity index (χ0n) is 11.7. The van der Waals surface area contributed by atoms with Crippen molar-refractivity contribution in [2.24, 2.45) is 0 Å². The molecule has 1 fully saturated rings. The van der Waals surface area contributed by atoms with Gasteiger partial charge in [-0.3, -0.25) is 4.98 Å². The van der Waals surface area contributed by atoms with Crippen LogP contribution in [0.5, 0.6) is 0 Å². The summed E-state index contributed by atoms with van der Waals surface area (Å²) in [6.45, 7) is 3.41. The van der Waals surface area contributed by atoms with Gasteiger partial charge < -0.3 is 10.2 Å². The Labute approximate surface area is 120 Å². The highest BCUT2D eigenvalue weighted by Gasteiger charge is 2.21. The Bertz CT molecular complexity index is 512. The van der Waals surface area contributed by atoms with Crippen molar-refractivity contribution in [2.45, 2.75) is 18.9 Å². The van der Waals surface area contributed by atoms with Crippen LogP contribution in [0.25, 0.3) is 0 Å². The first kappa shape index (κ1) is 13.1. The van der Waals surface area contributed by atoms with Crippen molar-refractivity contribution in [1.29, 1.82) is 0 Å². The smallest absolute Gasteiger partial charge is 0.0416 e. The minimum absolute atomic E-state index is 0.570. The molecule has 0 saturated carbocycles. The summed E-state index contributed by atoms with van der Waals surface area (Å²) in [7, 11) is 0. The molecule has 104 valence electrons. The molecule has 0 bridgehead atoms. The number of hydrogen-bond donors (Lipinski definition) is 1. The Morgan fingerprint density at radius 3 is 2.75 bits per heavy atom. The second-order valence-corrected chi connectivity index (χ2v) is 5.37. The molecule has 2 heterocycles. The normalized spacial score (nSPS) is 19.1. The molecular weight excluding hydrogens is 246 g/mol. The summed E-state index contributed by atoms with van der Waals surface area (Å²) >= 11 is 0.